The first-order chi connectivity index (χ1) is 11.7. The van der Waals surface area contributed by atoms with Crippen LogP contribution in [0.5, 0.6) is 5.75 Å². The van der Waals surface area contributed by atoms with E-state index in [-0.39, 0.29) is 12.0 Å². The number of esters is 1. The highest BCUT2D eigenvalue weighted by molar-refractivity contribution is 5.94. The number of carbonyl (C=O) groups excluding carboxylic acids is 1. The first-order valence-corrected chi connectivity index (χ1v) is 8.21. The number of benzene rings is 1. The largest absolute Gasteiger partial charge is 0.497 e. The van der Waals surface area contributed by atoms with E-state index in [9.17, 15) is 4.79 Å². The van der Waals surface area contributed by atoms with Crippen LogP contribution in [0.2, 0.25) is 0 Å². The van der Waals surface area contributed by atoms with Crippen molar-refractivity contribution in [1.82, 2.24) is 0 Å². The number of carbonyl (C=O) groups is 1. The molecule has 1 atom stereocenters. The van der Waals surface area contributed by atoms with Gasteiger partial charge in [-0.25, -0.2) is 4.79 Å². The van der Waals surface area contributed by atoms with E-state index in [0.29, 0.717) is 11.3 Å². The Bertz CT molecular complexity index is 622. The molecule has 0 saturated carbocycles. The zero-order valence-electron chi connectivity index (χ0n) is 14.6. The molecule has 1 aromatic rings. The first kappa shape index (κ1) is 18.0. The van der Waals surface area contributed by atoms with Gasteiger partial charge in [0.15, 0.2) is 5.90 Å². The lowest BCUT2D eigenvalue weighted by atomic mass is 10.0. The maximum Gasteiger partial charge on any atom is 0.338 e. The van der Waals surface area contributed by atoms with Gasteiger partial charge in [0, 0.05) is 6.42 Å². The first-order valence-electron chi connectivity index (χ1n) is 8.21. The monoisotopic (exact) mass is 331 g/mol. The van der Waals surface area contributed by atoms with Crippen molar-refractivity contribution in [3.05, 3.63) is 35.4 Å². The predicted molar refractivity (Wildman–Crippen MR) is 94.7 cm³/mol. The van der Waals surface area contributed by atoms with Gasteiger partial charge in [-0.3, -0.25) is 4.99 Å². The summed E-state index contributed by atoms with van der Waals surface area (Å²) in [5, 5.41) is 0. The van der Waals surface area contributed by atoms with Crippen LogP contribution in [0.4, 0.5) is 0 Å². The van der Waals surface area contributed by atoms with Gasteiger partial charge in [0.1, 0.15) is 5.75 Å². The van der Waals surface area contributed by atoms with Crippen molar-refractivity contribution in [3.8, 4) is 5.75 Å². The molecular formula is C19H25NO4. The molecule has 0 spiro atoms. The van der Waals surface area contributed by atoms with E-state index in [1.54, 1.807) is 20.3 Å². The van der Waals surface area contributed by atoms with Crippen LogP contribution in [-0.2, 0) is 9.47 Å². The summed E-state index contributed by atoms with van der Waals surface area (Å²) < 4.78 is 15.3. The summed E-state index contributed by atoms with van der Waals surface area (Å²) in [6, 6.07) is 5.62. The summed E-state index contributed by atoms with van der Waals surface area (Å²) in [4.78, 5) is 16.6. The van der Waals surface area contributed by atoms with Gasteiger partial charge >= 0.3 is 5.97 Å². The normalized spacial score (nSPS) is 18.0. The van der Waals surface area contributed by atoms with Crippen LogP contribution in [0.3, 0.4) is 0 Å². The van der Waals surface area contributed by atoms with E-state index in [1.807, 2.05) is 18.2 Å². The lowest BCUT2D eigenvalue weighted by Gasteiger charge is -2.09. The van der Waals surface area contributed by atoms with Gasteiger partial charge < -0.3 is 14.2 Å². The van der Waals surface area contributed by atoms with Crippen LogP contribution in [0.25, 0.3) is 6.08 Å². The minimum Gasteiger partial charge on any atom is -0.497 e. The highest BCUT2D eigenvalue weighted by Crippen LogP contribution is 2.21. The zero-order valence-corrected chi connectivity index (χ0v) is 14.6. The van der Waals surface area contributed by atoms with Gasteiger partial charge in [-0.2, -0.15) is 0 Å². The predicted octanol–water partition coefficient (Wildman–Crippen LogP) is 3.87. The van der Waals surface area contributed by atoms with Crippen LogP contribution in [0, 0.1) is 0 Å². The molecule has 2 rings (SSSR count). The molecule has 5 nitrogen and oxygen atoms in total. The smallest absolute Gasteiger partial charge is 0.338 e. The molecule has 0 fully saturated rings. The highest BCUT2D eigenvalue weighted by atomic mass is 16.5. The Kier molecular flexibility index (Phi) is 6.85. The number of nitrogens with zero attached hydrogens (tertiary/aromatic N) is 1. The lowest BCUT2D eigenvalue weighted by Crippen LogP contribution is -2.07. The Morgan fingerprint density at radius 2 is 2.08 bits per heavy atom. The molecule has 24 heavy (non-hydrogen) atoms. The van der Waals surface area contributed by atoms with Gasteiger partial charge in [0.05, 0.1) is 32.9 Å². The minimum absolute atomic E-state index is 0.235. The molecule has 0 aliphatic carbocycles. The highest BCUT2D eigenvalue weighted by Gasteiger charge is 2.14. The average molecular weight is 331 g/mol. The number of hydrogen-bond acceptors (Lipinski definition) is 5. The zero-order chi connectivity index (χ0) is 17.4. The maximum absolute atomic E-state index is 11.9. The molecule has 1 aromatic carbocycles. The standard InChI is InChI=1S/C19H25NO4/c1-22-16-12-11-14(17(13-16)19(21)24-3)7-6-9-15-8-4-5-10-18(20-15)23-2/h6-7,11-13,15H,4-5,8-10H2,1-3H3/b7-6+. The summed E-state index contributed by atoms with van der Waals surface area (Å²) >= 11 is 0. The Morgan fingerprint density at radius 1 is 1.25 bits per heavy atom. The van der Waals surface area contributed by atoms with Gasteiger partial charge in [0.2, 0.25) is 0 Å². The molecule has 130 valence electrons. The number of ether oxygens (including phenoxy) is 3. The summed E-state index contributed by atoms with van der Waals surface area (Å²) in [7, 11) is 4.63. The fourth-order valence-corrected chi connectivity index (χ4v) is 2.76. The van der Waals surface area contributed by atoms with Gasteiger partial charge in [-0.1, -0.05) is 24.6 Å². The molecule has 0 radical (unpaired) electrons. The second-order valence-corrected chi connectivity index (χ2v) is 5.71. The van der Waals surface area contributed by atoms with Crippen LogP contribution < -0.4 is 4.74 Å². The Labute approximate surface area is 143 Å². The molecule has 1 aliphatic heterocycles. The van der Waals surface area contributed by atoms with E-state index in [1.165, 1.54) is 7.11 Å². The molecule has 1 unspecified atom stereocenters. The topological polar surface area (TPSA) is 57.1 Å². The van der Waals surface area contributed by atoms with Crippen molar-refractivity contribution in [1.29, 1.82) is 0 Å². The summed E-state index contributed by atoms with van der Waals surface area (Å²) in [5.74, 6) is 1.10. The molecule has 0 aromatic heterocycles. The fraction of sp³-hybridized carbons (Fsp3) is 0.474. The molecule has 1 heterocycles. The van der Waals surface area contributed by atoms with Crippen molar-refractivity contribution in [2.24, 2.45) is 4.99 Å². The quantitative estimate of drug-likeness (QED) is 0.769. The van der Waals surface area contributed by atoms with Gasteiger partial charge in [-0.15, -0.1) is 0 Å². The SMILES string of the molecule is COC(=O)c1cc(OC)ccc1/C=C/CC1CCCCC(OC)=N1. The molecule has 0 saturated heterocycles. The van der Waals surface area contributed by atoms with Crippen LogP contribution in [-0.4, -0.2) is 39.2 Å². The number of hydrogen-bond donors (Lipinski definition) is 0. The Balaban J connectivity index is 2.12. The fourth-order valence-electron chi connectivity index (χ4n) is 2.76. The second-order valence-electron chi connectivity index (χ2n) is 5.71. The van der Waals surface area contributed by atoms with Crippen molar-refractivity contribution in [2.75, 3.05) is 21.3 Å². The number of aliphatic imine (C=N–C) groups is 1. The average Bonchev–Trinajstić information content (AvgIpc) is 2.86. The summed E-state index contributed by atoms with van der Waals surface area (Å²) in [6.45, 7) is 0. The third-order valence-corrected chi connectivity index (χ3v) is 4.11. The minimum atomic E-state index is -0.372. The third-order valence-electron chi connectivity index (χ3n) is 4.11. The van der Waals surface area contributed by atoms with Crippen molar-refractivity contribution in [2.45, 2.75) is 38.1 Å². The van der Waals surface area contributed by atoms with E-state index in [4.69, 9.17) is 14.2 Å². The van der Waals surface area contributed by atoms with E-state index in [0.717, 1.165) is 43.6 Å². The Morgan fingerprint density at radius 3 is 2.79 bits per heavy atom. The van der Waals surface area contributed by atoms with E-state index < -0.39 is 0 Å². The lowest BCUT2D eigenvalue weighted by molar-refractivity contribution is 0.0600. The van der Waals surface area contributed by atoms with Crippen LogP contribution in [0.15, 0.2) is 29.3 Å². The van der Waals surface area contributed by atoms with Crippen molar-refractivity contribution < 1.29 is 19.0 Å². The van der Waals surface area contributed by atoms with E-state index in [2.05, 4.69) is 11.1 Å². The molecule has 1 aliphatic rings. The molecule has 0 bridgehead atoms. The van der Waals surface area contributed by atoms with Crippen molar-refractivity contribution in [3.63, 3.8) is 0 Å². The van der Waals surface area contributed by atoms with Gasteiger partial charge in [0.25, 0.3) is 0 Å². The third kappa shape index (κ3) is 4.85. The number of rotatable bonds is 5. The summed E-state index contributed by atoms with van der Waals surface area (Å²) in [5.41, 5.74) is 1.31. The maximum atomic E-state index is 11.9. The molecular weight excluding hydrogens is 306 g/mol. The summed E-state index contributed by atoms with van der Waals surface area (Å²) in [6.07, 6.45) is 9.08. The van der Waals surface area contributed by atoms with Crippen LogP contribution in [0.1, 0.15) is 48.0 Å². The van der Waals surface area contributed by atoms with Crippen molar-refractivity contribution >= 4 is 17.9 Å². The molecule has 5 heteroatoms. The Hall–Kier alpha value is -2.30. The second kappa shape index (κ2) is 9.11. The molecule has 0 N–H and O–H groups in total. The number of methoxy groups -OCH3 is 3. The van der Waals surface area contributed by atoms with Crippen LogP contribution >= 0.6 is 0 Å². The van der Waals surface area contributed by atoms with Gasteiger partial charge in [-0.05, 0) is 37.0 Å². The van der Waals surface area contributed by atoms with E-state index >= 15 is 0 Å². The molecule has 0 amide bonds.